The first kappa shape index (κ1) is 12.3. The van der Waals surface area contributed by atoms with E-state index >= 15 is 0 Å². The summed E-state index contributed by atoms with van der Waals surface area (Å²) in [6.07, 6.45) is -1.30. The molecule has 0 aliphatic heterocycles. The molecule has 0 heterocycles. The molecule has 0 saturated heterocycles. The van der Waals surface area contributed by atoms with E-state index in [0.717, 1.165) is 0 Å². The van der Waals surface area contributed by atoms with E-state index in [1.54, 1.807) is 18.2 Å². The average Bonchev–Trinajstić information content (AvgIpc) is 2.25. The number of nitriles is 1. The van der Waals surface area contributed by atoms with Crippen molar-refractivity contribution >= 4 is 23.2 Å². The van der Waals surface area contributed by atoms with Gasteiger partial charge in [0.2, 0.25) is 5.91 Å². The molecule has 1 aromatic rings. The summed E-state index contributed by atoms with van der Waals surface area (Å²) in [7, 11) is 0. The molecule has 1 aromatic carbocycles. The van der Waals surface area contributed by atoms with Gasteiger partial charge in [0.1, 0.15) is 12.2 Å². The van der Waals surface area contributed by atoms with Crippen LogP contribution in [0.15, 0.2) is 18.2 Å². The molecular weight excluding hydrogens is 230 g/mol. The van der Waals surface area contributed by atoms with Crippen molar-refractivity contribution in [3.8, 4) is 6.07 Å². The number of aliphatic hydroxyl groups is 1. The summed E-state index contributed by atoms with van der Waals surface area (Å²) in [6, 6.07) is 6.78. The summed E-state index contributed by atoms with van der Waals surface area (Å²) in [6.45, 7) is -0.0651. The number of carbonyl (C=O) groups excluding carboxylic acids is 1. The zero-order chi connectivity index (χ0) is 12.1. The Balaban J connectivity index is 2.79. The van der Waals surface area contributed by atoms with Crippen molar-refractivity contribution in [1.29, 1.82) is 5.26 Å². The summed E-state index contributed by atoms with van der Waals surface area (Å²) in [4.78, 5) is 10.6. The number of primary amides is 1. The molecule has 84 valence electrons. The monoisotopic (exact) mass is 239 g/mol. The number of nitrogens with two attached hydrogens (primary N) is 1. The Kier molecular flexibility index (Phi) is 4.11. The summed E-state index contributed by atoms with van der Waals surface area (Å²) in [5.74, 6) is -0.826. The Hall–Kier alpha value is -1.77. The van der Waals surface area contributed by atoms with Gasteiger partial charge in [0.05, 0.1) is 16.3 Å². The van der Waals surface area contributed by atoms with Crippen molar-refractivity contribution in [3.63, 3.8) is 0 Å². The van der Waals surface area contributed by atoms with E-state index in [2.05, 4.69) is 5.32 Å². The Labute approximate surface area is 97.4 Å². The third-order valence-corrected chi connectivity index (χ3v) is 2.25. The largest absolute Gasteiger partial charge is 0.381 e. The van der Waals surface area contributed by atoms with Gasteiger partial charge in [-0.1, -0.05) is 17.7 Å². The minimum absolute atomic E-state index is 0.0651. The maximum atomic E-state index is 10.6. The first-order valence-electron chi connectivity index (χ1n) is 4.46. The van der Waals surface area contributed by atoms with Crippen LogP contribution in [0.25, 0.3) is 0 Å². The predicted octanol–water partition coefficient (Wildman–Crippen LogP) is 0.470. The number of halogens is 1. The topological polar surface area (TPSA) is 99.1 Å². The van der Waals surface area contributed by atoms with Crippen LogP contribution in [0.5, 0.6) is 0 Å². The highest BCUT2D eigenvalue weighted by Crippen LogP contribution is 2.22. The lowest BCUT2D eigenvalue weighted by molar-refractivity contribution is -0.125. The molecule has 0 saturated carbocycles. The number of hydrogen-bond acceptors (Lipinski definition) is 4. The van der Waals surface area contributed by atoms with Gasteiger partial charge in [-0.05, 0) is 12.1 Å². The van der Waals surface area contributed by atoms with Crippen LogP contribution in [0.2, 0.25) is 5.02 Å². The minimum atomic E-state index is -1.30. The van der Waals surface area contributed by atoms with Crippen molar-refractivity contribution in [2.75, 3.05) is 11.9 Å². The third-order valence-electron chi connectivity index (χ3n) is 1.94. The third kappa shape index (κ3) is 2.86. The number of carbonyl (C=O) groups is 1. The second kappa shape index (κ2) is 5.35. The standard InChI is InChI=1S/C10H10ClN3O2/c11-7-2-1-3-8(6(7)4-12)14-5-9(15)10(13)16/h1-3,9,14-15H,5H2,(H2,13,16). The molecule has 1 amide bonds. The van der Waals surface area contributed by atoms with E-state index in [1.165, 1.54) is 0 Å². The molecule has 1 atom stereocenters. The summed E-state index contributed by atoms with van der Waals surface area (Å²) in [5, 5.41) is 21.0. The average molecular weight is 240 g/mol. The summed E-state index contributed by atoms with van der Waals surface area (Å²) >= 11 is 5.79. The van der Waals surface area contributed by atoms with Crippen LogP contribution in [0, 0.1) is 11.3 Å². The quantitative estimate of drug-likeness (QED) is 0.711. The van der Waals surface area contributed by atoms with Crippen molar-refractivity contribution in [3.05, 3.63) is 28.8 Å². The lowest BCUT2D eigenvalue weighted by atomic mass is 10.2. The smallest absolute Gasteiger partial charge is 0.248 e. The SMILES string of the molecule is N#Cc1c(Cl)cccc1NCC(O)C(N)=O. The van der Waals surface area contributed by atoms with Crippen molar-refractivity contribution in [2.24, 2.45) is 5.73 Å². The van der Waals surface area contributed by atoms with Gasteiger partial charge in [-0.15, -0.1) is 0 Å². The first-order chi connectivity index (χ1) is 7.56. The van der Waals surface area contributed by atoms with Crippen LogP contribution >= 0.6 is 11.6 Å². The molecular formula is C10H10ClN3O2. The molecule has 1 rings (SSSR count). The van der Waals surface area contributed by atoms with Gasteiger partial charge in [-0.2, -0.15) is 5.26 Å². The van der Waals surface area contributed by atoms with Gasteiger partial charge in [0, 0.05) is 6.54 Å². The Morgan fingerprint density at radius 2 is 2.38 bits per heavy atom. The van der Waals surface area contributed by atoms with Gasteiger partial charge in [0.25, 0.3) is 0 Å². The molecule has 0 aliphatic rings. The number of nitrogens with one attached hydrogen (secondary N) is 1. The van der Waals surface area contributed by atoms with Gasteiger partial charge in [-0.25, -0.2) is 0 Å². The fourth-order valence-electron chi connectivity index (χ4n) is 1.09. The van der Waals surface area contributed by atoms with Gasteiger partial charge < -0.3 is 16.2 Å². The maximum absolute atomic E-state index is 10.6. The normalized spacial score (nSPS) is 11.6. The fourth-order valence-corrected chi connectivity index (χ4v) is 1.31. The number of rotatable bonds is 4. The molecule has 0 aromatic heterocycles. The van der Waals surface area contributed by atoms with Crippen LogP contribution < -0.4 is 11.1 Å². The number of nitrogens with zero attached hydrogens (tertiary/aromatic N) is 1. The van der Waals surface area contributed by atoms with Gasteiger partial charge in [-0.3, -0.25) is 4.79 Å². The molecule has 0 aliphatic carbocycles. The highest BCUT2D eigenvalue weighted by molar-refractivity contribution is 6.32. The molecule has 4 N–H and O–H groups in total. The van der Waals surface area contributed by atoms with E-state index in [0.29, 0.717) is 10.7 Å². The highest BCUT2D eigenvalue weighted by atomic mass is 35.5. The van der Waals surface area contributed by atoms with E-state index < -0.39 is 12.0 Å². The van der Waals surface area contributed by atoms with E-state index in [-0.39, 0.29) is 12.1 Å². The second-order valence-electron chi connectivity index (χ2n) is 3.07. The van der Waals surface area contributed by atoms with Gasteiger partial charge >= 0.3 is 0 Å². The number of amides is 1. The van der Waals surface area contributed by atoms with Gasteiger partial charge in [0.15, 0.2) is 0 Å². The zero-order valence-corrected chi connectivity index (χ0v) is 9.03. The lowest BCUT2D eigenvalue weighted by Crippen LogP contribution is -2.34. The fraction of sp³-hybridized carbons (Fsp3) is 0.200. The van der Waals surface area contributed by atoms with Crippen LogP contribution in [-0.4, -0.2) is 23.7 Å². The molecule has 0 bridgehead atoms. The molecule has 5 nitrogen and oxygen atoms in total. The lowest BCUT2D eigenvalue weighted by Gasteiger charge is -2.11. The van der Waals surface area contributed by atoms with Crippen LogP contribution in [-0.2, 0) is 4.79 Å². The molecule has 0 radical (unpaired) electrons. The highest BCUT2D eigenvalue weighted by Gasteiger charge is 2.12. The van der Waals surface area contributed by atoms with Crippen molar-refractivity contribution in [1.82, 2.24) is 0 Å². The molecule has 0 spiro atoms. The summed E-state index contributed by atoms with van der Waals surface area (Å²) < 4.78 is 0. The Morgan fingerprint density at radius 3 is 2.94 bits per heavy atom. The van der Waals surface area contributed by atoms with E-state index in [9.17, 15) is 4.79 Å². The maximum Gasteiger partial charge on any atom is 0.248 e. The number of benzene rings is 1. The van der Waals surface area contributed by atoms with E-state index in [1.807, 2.05) is 6.07 Å². The molecule has 1 unspecified atom stereocenters. The first-order valence-corrected chi connectivity index (χ1v) is 4.84. The van der Waals surface area contributed by atoms with Crippen molar-refractivity contribution < 1.29 is 9.90 Å². The second-order valence-corrected chi connectivity index (χ2v) is 3.48. The Morgan fingerprint density at radius 1 is 1.69 bits per heavy atom. The van der Waals surface area contributed by atoms with Crippen LogP contribution in [0.1, 0.15) is 5.56 Å². The van der Waals surface area contributed by atoms with Crippen LogP contribution in [0.3, 0.4) is 0 Å². The number of hydrogen-bond donors (Lipinski definition) is 3. The predicted molar refractivity (Wildman–Crippen MR) is 59.9 cm³/mol. The van der Waals surface area contributed by atoms with Crippen LogP contribution in [0.4, 0.5) is 5.69 Å². The molecule has 6 heteroatoms. The number of aliphatic hydroxyl groups excluding tert-OH is 1. The van der Waals surface area contributed by atoms with Crippen molar-refractivity contribution in [2.45, 2.75) is 6.10 Å². The van der Waals surface area contributed by atoms with E-state index in [4.69, 9.17) is 27.7 Å². The minimum Gasteiger partial charge on any atom is -0.381 e. The molecule has 16 heavy (non-hydrogen) atoms. The number of anilines is 1. The Bertz CT molecular complexity index is 442. The molecule has 0 fully saturated rings. The summed E-state index contributed by atoms with van der Waals surface area (Å²) in [5.41, 5.74) is 5.60. The zero-order valence-electron chi connectivity index (χ0n) is 8.27.